The average molecular weight is 203 g/mol. The van der Waals surface area contributed by atoms with Crippen LogP contribution in [0, 0.1) is 12.3 Å². The van der Waals surface area contributed by atoms with Crippen LogP contribution < -0.4 is 5.73 Å². The molecule has 1 atom stereocenters. The molecule has 3 nitrogen and oxygen atoms in total. The molecule has 0 spiro atoms. The quantitative estimate of drug-likeness (QED) is 0.729. The molecule has 1 unspecified atom stereocenters. The SMILES string of the molecule is C#Cc1cccc(C(N)CCC(=O)O)c1. The fraction of sp³-hybridized carbons (Fsp3) is 0.250. The van der Waals surface area contributed by atoms with Gasteiger partial charge in [-0.1, -0.05) is 18.1 Å². The van der Waals surface area contributed by atoms with Gasteiger partial charge in [0.2, 0.25) is 0 Å². The lowest BCUT2D eigenvalue weighted by Crippen LogP contribution is -2.12. The Kier molecular flexibility index (Phi) is 3.90. The normalized spacial score (nSPS) is 11.7. The highest BCUT2D eigenvalue weighted by atomic mass is 16.4. The number of hydrogen-bond acceptors (Lipinski definition) is 2. The smallest absolute Gasteiger partial charge is 0.303 e. The number of nitrogens with two attached hydrogens (primary N) is 1. The van der Waals surface area contributed by atoms with Crippen LogP contribution in [0.5, 0.6) is 0 Å². The maximum absolute atomic E-state index is 10.4. The van der Waals surface area contributed by atoms with Gasteiger partial charge >= 0.3 is 5.97 Å². The van der Waals surface area contributed by atoms with E-state index in [0.29, 0.717) is 6.42 Å². The van der Waals surface area contributed by atoms with Gasteiger partial charge in [-0.15, -0.1) is 6.42 Å². The highest BCUT2D eigenvalue weighted by Gasteiger charge is 2.08. The lowest BCUT2D eigenvalue weighted by Gasteiger charge is -2.10. The highest BCUT2D eigenvalue weighted by Crippen LogP contribution is 2.16. The summed E-state index contributed by atoms with van der Waals surface area (Å²) in [6.07, 6.45) is 5.75. The van der Waals surface area contributed by atoms with Gasteiger partial charge in [-0.25, -0.2) is 0 Å². The van der Waals surface area contributed by atoms with Crippen LogP contribution in [-0.2, 0) is 4.79 Å². The van der Waals surface area contributed by atoms with Crippen molar-refractivity contribution in [2.75, 3.05) is 0 Å². The molecule has 0 bridgehead atoms. The molecule has 3 N–H and O–H groups in total. The number of benzene rings is 1. The van der Waals surface area contributed by atoms with Gasteiger partial charge in [-0.05, 0) is 24.1 Å². The molecule has 78 valence electrons. The van der Waals surface area contributed by atoms with Crippen molar-refractivity contribution in [2.45, 2.75) is 18.9 Å². The second-order valence-electron chi connectivity index (χ2n) is 3.31. The van der Waals surface area contributed by atoms with Gasteiger partial charge in [0.25, 0.3) is 0 Å². The summed E-state index contributed by atoms with van der Waals surface area (Å²) in [4.78, 5) is 10.4. The summed E-state index contributed by atoms with van der Waals surface area (Å²) >= 11 is 0. The van der Waals surface area contributed by atoms with Crippen molar-refractivity contribution in [3.8, 4) is 12.3 Å². The predicted molar refractivity (Wildman–Crippen MR) is 58.2 cm³/mol. The second kappa shape index (κ2) is 5.18. The maximum Gasteiger partial charge on any atom is 0.303 e. The second-order valence-corrected chi connectivity index (χ2v) is 3.31. The number of carboxylic acid groups (broad SMARTS) is 1. The molecule has 1 aromatic carbocycles. The van der Waals surface area contributed by atoms with Crippen LogP contribution >= 0.6 is 0 Å². The largest absolute Gasteiger partial charge is 0.481 e. The van der Waals surface area contributed by atoms with Gasteiger partial charge < -0.3 is 10.8 Å². The lowest BCUT2D eigenvalue weighted by atomic mass is 10.0. The van der Waals surface area contributed by atoms with Crippen molar-refractivity contribution in [1.29, 1.82) is 0 Å². The summed E-state index contributed by atoms with van der Waals surface area (Å²) < 4.78 is 0. The fourth-order valence-corrected chi connectivity index (χ4v) is 1.30. The van der Waals surface area contributed by atoms with Crippen molar-refractivity contribution in [2.24, 2.45) is 5.73 Å². The van der Waals surface area contributed by atoms with Gasteiger partial charge in [-0.3, -0.25) is 4.79 Å². The number of terminal acetylenes is 1. The van der Waals surface area contributed by atoms with Gasteiger partial charge in [-0.2, -0.15) is 0 Å². The Labute approximate surface area is 88.9 Å². The molecule has 15 heavy (non-hydrogen) atoms. The standard InChI is InChI=1S/C12H13NO2/c1-2-9-4-3-5-10(8-9)11(13)6-7-12(14)15/h1,3-5,8,11H,6-7,13H2,(H,14,15). The summed E-state index contributed by atoms with van der Waals surface area (Å²) in [5.41, 5.74) is 7.48. The van der Waals surface area contributed by atoms with E-state index in [-0.39, 0.29) is 12.5 Å². The molecule has 0 fully saturated rings. The monoisotopic (exact) mass is 203 g/mol. The van der Waals surface area contributed by atoms with E-state index in [9.17, 15) is 4.79 Å². The van der Waals surface area contributed by atoms with Crippen LogP contribution in [0.1, 0.15) is 30.0 Å². The highest BCUT2D eigenvalue weighted by molar-refractivity contribution is 5.66. The van der Waals surface area contributed by atoms with E-state index in [1.165, 1.54) is 0 Å². The van der Waals surface area contributed by atoms with Crippen LogP contribution in [0.4, 0.5) is 0 Å². The van der Waals surface area contributed by atoms with Crippen molar-refractivity contribution in [3.63, 3.8) is 0 Å². The zero-order valence-corrected chi connectivity index (χ0v) is 8.31. The zero-order valence-electron chi connectivity index (χ0n) is 8.31. The number of rotatable bonds is 4. The van der Waals surface area contributed by atoms with E-state index in [1.54, 1.807) is 0 Å². The molecule has 0 aliphatic rings. The average Bonchev–Trinajstić information content (AvgIpc) is 2.26. The summed E-state index contributed by atoms with van der Waals surface area (Å²) in [5.74, 6) is 1.68. The molecule has 1 aromatic rings. The summed E-state index contributed by atoms with van der Waals surface area (Å²) in [5, 5.41) is 8.52. The van der Waals surface area contributed by atoms with E-state index < -0.39 is 5.97 Å². The van der Waals surface area contributed by atoms with Crippen molar-refractivity contribution in [1.82, 2.24) is 0 Å². The minimum atomic E-state index is -0.835. The molecular formula is C12H13NO2. The van der Waals surface area contributed by atoms with Gasteiger partial charge in [0, 0.05) is 18.0 Å². The Balaban J connectivity index is 2.69. The van der Waals surface area contributed by atoms with Crippen molar-refractivity contribution >= 4 is 5.97 Å². The summed E-state index contributed by atoms with van der Waals surface area (Å²) in [7, 11) is 0. The van der Waals surface area contributed by atoms with E-state index in [2.05, 4.69) is 5.92 Å². The Morgan fingerprint density at radius 1 is 1.60 bits per heavy atom. The molecule has 0 amide bonds. The molecule has 0 heterocycles. The van der Waals surface area contributed by atoms with Crippen LogP contribution in [0.3, 0.4) is 0 Å². The number of carbonyl (C=O) groups is 1. The van der Waals surface area contributed by atoms with Gasteiger partial charge in [0.15, 0.2) is 0 Å². The lowest BCUT2D eigenvalue weighted by molar-refractivity contribution is -0.137. The molecule has 0 radical (unpaired) electrons. The summed E-state index contributed by atoms with van der Waals surface area (Å²) in [6, 6.07) is 7.03. The van der Waals surface area contributed by atoms with Crippen LogP contribution in [0.2, 0.25) is 0 Å². The molecule has 0 saturated heterocycles. The minimum Gasteiger partial charge on any atom is -0.481 e. The van der Waals surface area contributed by atoms with Gasteiger partial charge in [0.1, 0.15) is 0 Å². The molecule has 0 saturated carbocycles. The first-order valence-corrected chi connectivity index (χ1v) is 4.67. The molecule has 0 aliphatic carbocycles. The fourth-order valence-electron chi connectivity index (χ4n) is 1.30. The zero-order chi connectivity index (χ0) is 11.3. The molecule has 1 rings (SSSR count). The first kappa shape index (κ1) is 11.3. The third-order valence-corrected chi connectivity index (χ3v) is 2.15. The Morgan fingerprint density at radius 3 is 2.93 bits per heavy atom. The Hall–Kier alpha value is -1.79. The van der Waals surface area contributed by atoms with E-state index in [0.717, 1.165) is 11.1 Å². The Morgan fingerprint density at radius 2 is 2.33 bits per heavy atom. The predicted octanol–water partition coefficient (Wildman–Crippen LogP) is 1.53. The van der Waals surface area contributed by atoms with Crippen LogP contribution in [0.25, 0.3) is 0 Å². The molecule has 0 aliphatic heterocycles. The van der Waals surface area contributed by atoms with Crippen LogP contribution in [0.15, 0.2) is 24.3 Å². The van der Waals surface area contributed by atoms with Crippen molar-refractivity contribution in [3.05, 3.63) is 35.4 Å². The van der Waals surface area contributed by atoms with E-state index in [1.807, 2.05) is 24.3 Å². The maximum atomic E-state index is 10.4. The van der Waals surface area contributed by atoms with Crippen LogP contribution in [-0.4, -0.2) is 11.1 Å². The number of aliphatic carboxylic acids is 1. The summed E-state index contributed by atoms with van der Waals surface area (Å²) in [6.45, 7) is 0. The first-order chi connectivity index (χ1) is 7.13. The van der Waals surface area contributed by atoms with E-state index in [4.69, 9.17) is 17.3 Å². The first-order valence-electron chi connectivity index (χ1n) is 4.67. The third-order valence-electron chi connectivity index (χ3n) is 2.15. The van der Waals surface area contributed by atoms with Crippen molar-refractivity contribution < 1.29 is 9.90 Å². The van der Waals surface area contributed by atoms with E-state index >= 15 is 0 Å². The number of hydrogen-bond donors (Lipinski definition) is 2. The van der Waals surface area contributed by atoms with Gasteiger partial charge in [0.05, 0.1) is 0 Å². The molecule has 3 heteroatoms. The number of carboxylic acids is 1. The topological polar surface area (TPSA) is 63.3 Å². The third kappa shape index (κ3) is 3.45. The molecule has 0 aromatic heterocycles. The molecular weight excluding hydrogens is 190 g/mol. The Bertz CT molecular complexity index is 393. The minimum absolute atomic E-state index is 0.0709.